The van der Waals surface area contributed by atoms with Gasteiger partial charge in [0.25, 0.3) is 10.0 Å². The van der Waals surface area contributed by atoms with Gasteiger partial charge in [-0.25, -0.2) is 17.2 Å². The lowest BCUT2D eigenvalue weighted by molar-refractivity contribution is -0.0281. The van der Waals surface area contributed by atoms with Crippen molar-refractivity contribution >= 4 is 15.7 Å². The number of hydrogen-bond donors (Lipinski definition) is 1. The molecule has 1 saturated heterocycles. The summed E-state index contributed by atoms with van der Waals surface area (Å²) < 4.78 is 59.0. The second-order valence-electron chi connectivity index (χ2n) is 6.06. The Kier molecular flexibility index (Phi) is 5.55. The molecule has 5 nitrogen and oxygen atoms in total. The summed E-state index contributed by atoms with van der Waals surface area (Å²) in [5, 5.41) is 0. The molecule has 8 heteroatoms. The first-order chi connectivity index (χ1) is 12.4. The van der Waals surface area contributed by atoms with Gasteiger partial charge in [0.2, 0.25) is 0 Å². The fraction of sp³-hybridized carbons (Fsp3) is 0.333. The first-order valence-electron chi connectivity index (χ1n) is 8.31. The van der Waals surface area contributed by atoms with Crippen molar-refractivity contribution in [2.45, 2.75) is 17.9 Å². The van der Waals surface area contributed by atoms with Crippen LogP contribution in [0.4, 0.5) is 14.5 Å². The molecule has 26 heavy (non-hydrogen) atoms. The molecule has 1 fully saturated rings. The summed E-state index contributed by atoms with van der Waals surface area (Å²) in [7, 11) is -4.00. The maximum Gasteiger partial charge on any atom is 0.261 e. The Balaban J connectivity index is 1.73. The lowest BCUT2D eigenvalue weighted by atomic mass is 10.1. The highest BCUT2D eigenvalue weighted by Crippen LogP contribution is 2.25. The molecule has 0 aliphatic carbocycles. The zero-order valence-corrected chi connectivity index (χ0v) is 15.1. The van der Waals surface area contributed by atoms with Gasteiger partial charge in [0.15, 0.2) is 11.6 Å². The standard InChI is InChI=1S/C18H20F2N2O3S/c1-2-22-9-10-25-18(12-22)13-3-5-14(6-4-13)21-26(23,24)15-7-8-16(19)17(20)11-15/h3-8,11,18,21H,2,9-10,12H2,1H3. The van der Waals surface area contributed by atoms with Gasteiger partial charge < -0.3 is 4.74 Å². The zero-order chi connectivity index (χ0) is 18.7. The van der Waals surface area contributed by atoms with E-state index in [0.717, 1.165) is 37.3 Å². The molecule has 0 spiro atoms. The molecule has 3 rings (SSSR count). The lowest BCUT2D eigenvalue weighted by Gasteiger charge is -2.32. The van der Waals surface area contributed by atoms with Gasteiger partial charge in [-0.3, -0.25) is 9.62 Å². The highest BCUT2D eigenvalue weighted by molar-refractivity contribution is 7.92. The van der Waals surface area contributed by atoms with Crippen molar-refractivity contribution < 1.29 is 21.9 Å². The van der Waals surface area contributed by atoms with Crippen molar-refractivity contribution in [3.8, 4) is 0 Å². The van der Waals surface area contributed by atoms with E-state index in [2.05, 4.69) is 16.5 Å². The molecular weight excluding hydrogens is 362 g/mol. The monoisotopic (exact) mass is 382 g/mol. The number of benzene rings is 2. The minimum atomic E-state index is -4.00. The summed E-state index contributed by atoms with van der Waals surface area (Å²) in [5.74, 6) is -2.31. The van der Waals surface area contributed by atoms with Gasteiger partial charge in [0, 0.05) is 18.8 Å². The largest absolute Gasteiger partial charge is 0.371 e. The van der Waals surface area contributed by atoms with E-state index in [1.807, 2.05) is 0 Å². The van der Waals surface area contributed by atoms with Crippen LogP contribution < -0.4 is 4.72 Å². The van der Waals surface area contributed by atoms with Crippen molar-refractivity contribution in [3.05, 3.63) is 59.7 Å². The van der Waals surface area contributed by atoms with Crippen LogP contribution in [0.25, 0.3) is 0 Å². The average molecular weight is 382 g/mol. The van der Waals surface area contributed by atoms with Gasteiger partial charge in [-0.15, -0.1) is 0 Å². The van der Waals surface area contributed by atoms with Crippen molar-refractivity contribution in [2.75, 3.05) is 31.0 Å². The molecule has 1 unspecified atom stereocenters. The summed E-state index contributed by atoms with van der Waals surface area (Å²) in [5.41, 5.74) is 1.29. The molecule has 0 amide bonds. The highest BCUT2D eigenvalue weighted by Gasteiger charge is 2.21. The van der Waals surface area contributed by atoms with Crippen LogP contribution in [-0.4, -0.2) is 39.6 Å². The minimum absolute atomic E-state index is 0.0550. The summed E-state index contributed by atoms with van der Waals surface area (Å²) >= 11 is 0. The number of rotatable bonds is 5. The van der Waals surface area contributed by atoms with E-state index in [4.69, 9.17) is 4.74 Å². The van der Waals surface area contributed by atoms with Crippen LogP contribution in [0.3, 0.4) is 0 Å². The number of sulfonamides is 1. The summed E-state index contributed by atoms with van der Waals surface area (Å²) in [6, 6.07) is 9.31. The number of nitrogens with one attached hydrogen (secondary N) is 1. The molecule has 1 aliphatic rings. The SMILES string of the molecule is CCN1CCOC(c2ccc(NS(=O)(=O)c3ccc(F)c(F)c3)cc2)C1. The molecule has 0 bridgehead atoms. The van der Waals surface area contributed by atoms with Gasteiger partial charge in [-0.2, -0.15) is 0 Å². The average Bonchev–Trinajstić information content (AvgIpc) is 2.64. The Hall–Kier alpha value is -2.03. The fourth-order valence-corrected chi connectivity index (χ4v) is 3.89. The van der Waals surface area contributed by atoms with E-state index in [0.29, 0.717) is 18.4 Å². The Bertz CT molecular complexity index is 873. The van der Waals surface area contributed by atoms with Crippen molar-refractivity contribution in [3.63, 3.8) is 0 Å². The first-order valence-corrected chi connectivity index (χ1v) is 9.79. The molecule has 2 aromatic rings. The third-order valence-corrected chi connectivity index (χ3v) is 5.71. The van der Waals surface area contributed by atoms with Crippen LogP contribution in [0.5, 0.6) is 0 Å². The van der Waals surface area contributed by atoms with Crippen molar-refractivity contribution in [1.29, 1.82) is 0 Å². The molecular formula is C18H20F2N2O3S. The highest BCUT2D eigenvalue weighted by atomic mass is 32.2. The van der Waals surface area contributed by atoms with Crippen LogP contribution in [0.15, 0.2) is 47.4 Å². The minimum Gasteiger partial charge on any atom is -0.371 e. The second-order valence-corrected chi connectivity index (χ2v) is 7.74. The third kappa shape index (κ3) is 4.20. The summed E-state index contributed by atoms with van der Waals surface area (Å²) in [6.45, 7) is 5.39. The van der Waals surface area contributed by atoms with Gasteiger partial charge in [0.1, 0.15) is 0 Å². The molecule has 2 aromatic carbocycles. The van der Waals surface area contributed by atoms with Crippen molar-refractivity contribution in [2.24, 2.45) is 0 Å². The molecule has 1 N–H and O–H groups in total. The summed E-state index contributed by atoms with van der Waals surface area (Å²) in [6.07, 6.45) is -0.0550. The third-order valence-electron chi connectivity index (χ3n) is 4.33. The van der Waals surface area contributed by atoms with E-state index in [-0.39, 0.29) is 11.0 Å². The topological polar surface area (TPSA) is 58.6 Å². The summed E-state index contributed by atoms with van der Waals surface area (Å²) in [4.78, 5) is 1.95. The van der Waals surface area contributed by atoms with E-state index in [9.17, 15) is 17.2 Å². The smallest absolute Gasteiger partial charge is 0.261 e. The lowest BCUT2D eigenvalue weighted by Crippen LogP contribution is -2.38. The van der Waals surface area contributed by atoms with E-state index < -0.39 is 21.7 Å². The van der Waals surface area contributed by atoms with Crippen LogP contribution >= 0.6 is 0 Å². The van der Waals surface area contributed by atoms with Gasteiger partial charge >= 0.3 is 0 Å². The van der Waals surface area contributed by atoms with E-state index in [1.54, 1.807) is 24.3 Å². The molecule has 1 heterocycles. The van der Waals surface area contributed by atoms with Gasteiger partial charge in [-0.05, 0) is 42.4 Å². The van der Waals surface area contributed by atoms with Gasteiger partial charge in [-0.1, -0.05) is 19.1 Å². The fourth-order valence-electron chi connectivity index (χ4n) is 2.82. The number of anilines is 1. The van der Waals surface area contributed by atoms with Gasteiger partial charge in [0.05, 0.1) is 17.6 Å². The molecule has 1 aliphatic heterocycles. The Morgan fingerprint density at radius 3 is 2.54 bits per heavy atom. The van der Waals surface area contributed by atoms with E-state index >= 15 is 0 Å². The number of ether oxygens (including phenoxy) is 1. The maximum atomic E-state index is 13.3. The number of nitrogens with zero attached hydrogens (tertiary/aromatic N) is 1. The molecule has 140 valence electrons. The number of morpholine rings is 1. The molecule has 1 atom stereocenters. The Labute approximate surface area is 151 Å². The molecule has 0 radical (unpaired) electrons. The van der Waals surface area contributed by atoms with Crippen LogP contribution in [0, 0.1) is 11.6 Å². The van der Waals surface area contributed by atoms with Crippen LogP contribution in [0.1, 0.15) is 18.6 Å². The predicted molar refractivity (Wildman–Crippen MR) is 94.4 cm³/mol. The normalized spacial score (nSPS) is 18.7. The first kappa shape index (κ1) is 18.8. The second kappa shape index (κ2) is 7.69. The Morgan fingerprint density at radius 1 is 1.15 bits per heavy atom. The number of likely N-dealkylation sites (N-methyl/N-ethyl adjacent to an activating group) is 1. The quantitative estimate of drug-likeness (QED) is 0.863. The Morgan fingerprint density at radius 2 is 1.88 bits per heavy atom. The van der Waals surface area contributed by atoms with Crippen LogP contribution in [-0.2, 0) is 14.8 Å². The van der Waals surface area contributed by atoms with E-state index in [1.165, 1.54) is 0 Å². The maximum absolute atomic E-state index is 13.3. The zero-order valence-electron chi connectivity index (χ0n) is 14.3. The van der Waals surface area contributed by atoms with Crippen LogP contribution in [0.2, 0.25) is 0 Å². The predicted octanol–water partition coefficient (Wildman–Crippen LogP) is 3.16. The van der Waals surface area contributed by atoms with Crippen molar-refractivity contribution in [1.82, 2.24) is 4.90 Å². The molecule has 0 saturated carbocycles. The number of halogens is 2. The molecule has 0 aromatic heterocycles. The number of hydrogen-bond acceptors (Lipinski definition) is 4.